The van der Waals surface area contributed by atoms with Gasteiger partial charge in [0.2, 0.25) is 0 Å². The van der Waals surface area contributed by atoms with Gasteiger partial charge in [-0.2, -0.15) is 0 Å². The molecule has 0 saturated heterocycles. The van der Waals surface area contributed by atoms with Crippen LogP contribution in [0.15, 0.2) is 11.6 Å². The van der Waals surface area contributed by atoms with Crippen molar-refractivity contribution in [1.82, 2.24) is 5.32 Å². The summed E-state index contributed by atoms with van der Waals surface area (Å²) in [6, 6.07) is 0.234. The predicted molar refractivity (Wildman–Crippen MR) is 53.0 cm³/mol. The molecule has 0 aromatic carbocycles. The van der Waals surface area contributed by atoms with Gasteiger partial charge in [0.25, 0.3) is 0 Å². The van der Waals surface area contributed by atoms with E-state index < -0.39 is 0 Å². The maximum Gasteiger partial charge on any atom is 0.0354 e. The minimum Gasteiger partial charge on any atom is -0.323 e. The van der Waals surface area contributed by atoms with Crippen molar-refractivity contribution in [3.05, 3.63) is 11.6 Å². The first-order valence-corrected chi connectivity index (χ1v) is 4.88. The van der Waals surface area contributed by atoms with Crippen LogP contribution >= 0.6 is 0 Å². The van der Waals surface area contributed by atoms with Gasteiger partial charge in [0.15, 0.2) is 0 Å². The first-order chi connectivity index (χ1) is 5.72. The maximum atomic E-state index is 5.80. The Balaban J connectivity index is 2.40. The van der Waals surface area contributed by atoms with E-state index in [4.69, 9.17) is 5.73 Å². The van der Waals surface area contributed by atoms with E-state index in [1.54, 1.807) is 0 Å². The number of rotatable bonds is 3. The molecule has 2 unspecified atom stereocenters. The summed E-state index contributed by atoms with van der Waals surface area (Å²) >= 11 is 0. The molecule has 0 saturated carbocycles. The average molecular weight is 168 g/mol. The quantitative estimate of drug-likeness (QED) is 0.623. The molecule has 2 atom stereocenters. The van der Waals surface area contributed by atoms with E-state index in [0.29, 0.717) is 0 Å². The highest BCUT2D eigenvalue weighted by molar-refractivity contribution is 5.12. The normalized spacial score (nSPS) is 26.6. The lowest BCUT2D eigenvalue weighted by molar-refractivity contribution is 0.525. The van der Waals surface area contributed by atoms with Crippen molar-refractivity contribution < 1.29 is 0 Å². The molecule has 0 amide bonds. The highest BCUT2D eigenvalue weighted by Gasteiger charge is 2.10. The molecule has 1 aliphatic heterocycles. The summed E-state index contributed by atoms with van der Waals surface area (Å²) < 4.78 is 0. The molecule has 0 aromatic heterocycles. The van der Waals surface area contributed by atoms with Gasteiger partial charge < -0.3 is 11.1 Å². The summed E-state index contributed by atoms with van der Waals surface area (Å²) in [4.78, 5) is 0. The molecule has 0 bridgehead atoms. The molecule has 12 heavy (non-hydrogen) atoms. The van der Waals surface area contributed by atoms with Gasteiger partial charge in [-0.05, 0) is 12.3 Å². The molecule has 2 heteroatoms. The van der Waals surface area contributed by atoms with Crippen molar-refractivity contribution in [3.63, 3.8) is 0 Å². The Bertz CT molecular complexity index is 163. The topological polar surface area (TPSA) is 38.0 Å². The van der Waals surface area contributed by atoms with Crippen LogP contribution in [0.4, 0.5) is 0 Å². The van der Waals surface area contributed by atoms with Crippen molar-refractivity contribution >= 4 is 0 Å². The predicted octanol–water partition coefficient (Wildman–Crippen LogP) is 1.28. The molecule has 0 fully saturated rings. The summed E-state index contributed by atoms with van der Waals surface area (Å²) in [5.41, 5.74) is 7.29. The molecular formula is C10H20N2. The summed E-state index contributed by atoms with van der Waals surface area (Å²) in [5, 5.41) is 3.32. The van der Waals surface area contributed by atoms with Crippen LogP contribution in [-0.2, 0) is 0 Å². The van der Waals surface area contributed by atoms with Gasteiger partial charge in [-0.15, -0.1) is 0 Å². The summed E-state index contributed by atoms with van der Waals surface area (Å²) in [7, 11) is 0. The van der Waals surface area contributed by atoms with Crippen LogP contribution in [-0.4, -0.2) is 19.1 Å². The van der Waals surface area contributed by atoms with E-state index in [-0.39, 0.29) is 6.04 Å². The van der Waals surface area contributed by atoms with Gasteiger partial charge in [0.05, 0.1) is 0 Å². The fourth-order valence-electron chi connectivity index (χ4n) is 1.55. The van der Waals surface area contributed by atoms with Crippen LogP contribution in [0, 0.1) is 5.92 Å². The molecule has 0 spiro atoms. The third-order valence-corrected chi connectivity index (χ3v) is 2.49. The minimum atomic E-state index is 0.234. The molecule has 1 heterocycles. The second-order valence-corrected chi connectivity index (χ2v) is 3.84. The van der Waals surface area contributed by atoms with Crippen LogP contribution < -0.4 is 11.1 Å². The summed E-state index contributed by atoms with van der Waals surface area (Å²) in [6.07, 6.45) is 4.69. The van der Waals surface area contributed by atoms with Gasteiger partial charge in [-0.3, -0.25) is 0 Å². The molecule has 2 nitrogen and oxygen atoms in total. The highest BCUT2D eigenvalue weighted by Crippen LogP contribution is 2.15. The van der Waals surface area contributed by atoms with Crippen LogP contribution in [0.5, 0.6) is 0 Å². The lowest BCUT2D eigenvalue weighted by atomic mass is 9.96. The van der Waals surface area contributed by atoms with Crippen LogP contribution in [0.2, 0.25) is 0 Å². The Labute approximate surface area is 75.2 Å². The van der Waals surface area contributed by atoms with E-state index in [1.807, 2.05) is 0 Å². The lowest BCUT2D eigenvalue weighted by Gasteiger charge is -2.21. The Morgan fingerprint density at radius 3 is 3.08 bits per heavy atom. The summed E-state index contributed by atoms with van der Waals surface area (Å²) in [6.45, 7) is 6.50. The van der Waals surface area contributed by atoms with Crippen LogP contribution in [0.25, 0.3) is 0 Å². The number of nitrogens with one attached hydrogen (secondary N) is 1. The van der Waals surface area contributed by atoms with E-state index in [0.717, 1.165) is 19.0 Å². The van der Waals surface area contributed by atoms with Gasteiger partial charge in [-0.25, -0.2) is 0 Å². The van der Waals surface area contributed by atoms with Crippen molar-refractivity contribution in [3.8, 4) is 0 Å². The van der Waals surface area contributed by atoms with E-state index >= 15 is 0 Å². The molecule has 0 aliphatic carbocycles. The Morgan fingerprint density at radius 2 is 2.50 bits per heavy atom. The fraction of sp³-hybridized carbons (Fsp3) is 0.800. The molecule has 0 radical (unpaired) electrons. The van der Waals surface area contributed by atoms with Crippen molar-refractivity contribution in [1.29, 1.82) is 0 Å². The third-order valence-electron chi connectivity index (χ3n) is 2.49. The van der Waals surface area contributed by atoms with Crippen molar-refractivity contribution in [2.24, 2.45) is 11.7 Å². The van der Waals surface area contributed by atoms with Crippen molar-refractivity contribution in [2.45, 2.75) is 32.7 Å². The lowest BCUT2D eigenvalue weighted by Crippen LogP contribution is -2.38. The second kappa shape index (κ2) is 4.63. The molecule has 70 valence electrons. The van der Waals surface area contributed by atoms with Crippen molar-refractivity contribution in [2.75, 3.05) is 13.1 Å². The summed E-state index contributed by atoms with van der Waals surface area (Å²) in [5.74, 6) is 0.795. The SMILES string of the molecule is CCC(C)CC1=CC(N)CNC1. The molecule has 3 N–H and O–H groups in total. The largest absolute Gasteiger partial charge is 0.323 e. The Morgan fingerprint density at radius 1 is 1.75 bits per heavy atom. The van der Waals surface area contributed by atoms with Crippen LogP contribution in [0.1, 0.15) is 26.7 Å². The highest BCUT2D eigenvalue weighted by atomic mass is 14.9. The Kier molecular flexibility index (Phi) is 3.76. The number of hydrogen-bond donors (Lipinski definition) is 2. The first-order valence-electron chi connectivity index (χ1n) is 4.88. The zero-order chi connectivity index (χ0) is 8.97. The molecule has 1 aliphatic rings. The van der Waals surface area contributed by atoms with E-state index in [9.17, 15) is 0 Å². The van der Waals surface area contributed by atoms with Crippen LogP contribution in [0.3, 0.4) is 0 Å². The molecular weight excluding hydrogens is 148 g/mol. The zero-order valence-corrected chi connectivity index (χ0v) is 8.14. The Hall–Kier alpha value is -0.340. The second-order valence-electron chi connectivity index (χ2n) is 3.84. The van der Waals surface area contributed by atoms with E-state index in [1.165, 1.54) is 18.4 Å². The fourth-order valence-corrected chi connectivity index (χ4v) is 1.55. The smallest absolute Gasteiger partial charge is 0.0354 e. The monoisotopic (exact) mass is 168 g/mol. The van der Waals surface area contributed by atoms with Gasteiger partial charge in [-0.1, -0.05) is 31.9 Å². The van der Waals surface area contributed by atoms with E-state index in [2.05, 4.69) is 25.2 Å². The molecule has 0 aromatic rings. The maximum absolute atomic E-state index is 5.80. The first kappa shape index (κ1) is 9.75. The van der Waals surface area contributed by atoms with Gasteiger partial charge >= 0.3 is 0 Å². The zero-order valence-electron chi connectivity index (χ0n) is 8.14. The minimum absolute atomic E-state index is 0.234. The van der Waals surface area contributed by atoms with Gasteiger partial charge in [0.1, 0.15) is 0 Å². The molecule has 1 rings (SSSR count). The average Bonchev–Trinajstić information content (AvgIpc) is 2.04. The number of nitrogens with two attached hydrogens (primary N) is 1. The standard InChI is InChI=1S/C10H20N2/c1-3-8(2)4-9-5-10(11)7-12-6-9/h5,8,10,12H,3-4,6-7,11H2,1-2H3. The van der Waals surface area contributed by atoms with Gasteiger partial charge in [0, 0.05) is 19.1 Å². The number of hydrogen-bond acceptors (Lipinski definition) is 2. The third kappa shape index (κ3) is 2.95.